The second-order valence-electron chi connectivity index (χ2n) is 10.4. The first kappa shape index (κ1) is 21.5. The Morgan fingerprint density at radius 3 is 1.18 bits per heavy atom. The van der Waals surface area contributed by atoms with Crippen molar-refractivity contribution in [1.82, 2.24) is 19.9 Å². The summed E-state index contributed by atoms with van der Waals surface area (Å²) in [6, 6.07) is 42.6. The molecule has 0 atom stereocenters. The first-order valence-corrected chi connectivity index (χ1v) is 13.5. The molecule has 40 heavy (non-hydrogen) atoms. The van der Waals surface area contributed by atoms with Gasteiger partial charge < -0.3 is 9.97 Å². The van der Waals surface area contributed by atoms with Gasteiger partial charge in [0.1, 0.15) is 0 Å². The summed E-state index contributed by atoms with van der Waals surface area (Å²) in [5.41, 5.74) is 12.5. The number of hydrogen-bond acceptors (Lipinski definition) is 2. The van der Waals surface area contributed by atoms with E-state index in [1.54, 1.807) is 0 Å². The summed E-state index contributed by atoms with van der Waals surface area (Å²) in [5, 5.41) is 4.65. The van der Waals surface area contributed by atoms with Crippen LogP contribution in [0.15, 0.2) is 121 Å². The molecular weight excluding hydrogens is 488 g/mol. The summed E-state index contributed by atoms with van der Waals surface area (Å²) in [4.78, 5) is 17.9. The molecule has 186 valence electrons. The fourth-order valence-electron chi connectivity index (χ4n) is 6.31. The summed E-state index contributed by atoms with van der Waals surface area (Å²) < 4.78 is 0. The highest BCUT2D eigenvalue weighted by atomic mass is 14.8. The van der Waals surface area contributed by atoms with Crippen LogP contribution in [0.25, 0.3) is 88.6 Å². The van der Waals surface area contributed by atoms with E-state index in [1.807, 2.05) is 0 Å². The van der Waals surface area contributed by atoms with Gasteiger partial charge in [-0.15, -0.1) is 0 Å². The molecule has 0 radical (unpaired) electrons. The van der Waals surface area contributed by atoms with Gasteiger partial charge >= 0.3 is 0 Å². The third kappa shape index (κ3) is 2.96. The molecule has 0 spiro atoms. The molecule has 2 N–H and O–H groups in total. The maximum absolute atomic E-state index is 5.21. The summed E-state index contributed by atoms with van der Waals surface area (Å²) in [6.07, 6.45) is 0. The quantitative estimate of drug-likeness (QED) is 0.214. The van der Waals surface area contributed by atoms with E-state index in [0.717, 1.165) is 88.6 Å². The number of H-pyrrole nitrogens is 2. The predicted molar refractivity (Wildman–Crippen MR) is 165 cm³/mol. The van der Waals surface area contributed by atoms with Crippen molar-refractivity contribution in [2.24, 2.45) is 0 Å². The van der Waals surface area contributed by atoms with Crippen molar-refractivity contribution >= 4 is 43.6 Å². The second-order valence-corrected chi connectivity index (χ2v) is 10.4. The molecule has 0 aliphatic carbocycles. The van der Waals surface area contributed by atoms with Gasteiger partial charge in [-0.3, -0.25) is 0 Å². The molecule has 2 aliphatic rings. The Morgan fingerprint density at radius 2 is 0.725 bits per heavy atom. The van der Waals surface area contributed by atoms with Crippen LogP contribution >= 0.6 is 0 Å². The van der Waals surface area contributed by atoms with Crippen molar-refractivity contribution in [3.05, 3.63) is 121 Å². The Labute approximate surface area is 229 Å². The van der Waals surface area contributed by atoms with E-state index in [1.165, 1.54) is 0 Å². The van der Waals surface area contributed by atoms with E-state index >= 15 is 0 Å². The summed E-state index contributed by atoms with van der Waals surface area (Å²) >= 11 is 0. The van der Waals surface area contributed by atoms with Crippen LogP contribution in [0.4, 0.5) is 0 Å². The average Bonchev–Trinajstić information content (AvgIpc) is 3.75. The molecule has 0 saturated heterocycles. The summed E-state index contributed by atoms with van der Waals surface area (Å²) in [7, 11) is 0. The highest BCUT2D eigenvalue weighted by molar-refractivity contribution is 6.13. The molecule has 4 heteroatoms. The van der Waals surface area contributed by atoms with E-state index < -0.39 is 0 Å². The number of aromatic amines is 2. The van der Waals surface area contributed by atoms with E-state index in [0.29, 0.717) is 0 Å². The maximum Gasteiger partial charge on any atom is 0.0957 e. The van der Waals surface area contributed by atoms with E-state index in [9.17, 15) is 0 Å². The molecule has 9 rings (SSSR count). The zero-order valence-corrected chi connectivity index (χ0v) is 21.4. The first-order chi connectivity index (χ1) is 19.8. The zero-order valence-electron chi connectivity index (χ0n) is 21.4. The molecule has 3 aromatic heterocycles. The van der Waals surface area contributed by atoms with Crippen molar-refractivity contribution < 1.29 is 0 Å². The maximum atomic E-state index is 5.21. The van der Waals surface area contributed by atoms with Crippen LogP contribution in [0, 0.1) is 0 Å². The minimum atomic E-state index is 0.952. The van der Waals surface area contributed by atoms with E-state index in [2.05, 4.69) is 131 Å². The van der Waals surface area contributed by atoms with Gasteiger partial charge in [0, 0.05) is 54.8 Å². The predicted octanol–water partition coefficient (Wildman–Crippen LogP) is 9.29. The van der Waals surface area contributed by atoms with Gasteiger partial charge in [-0.25, -0.2) is 9.97 Å². The van der Waals surface area contributed by atoms with E-state index in [-0.39, 0.29) is 0 Å². The lowest BCUT2D eigenvalue weighted by atomic mass is 10.0. The van der Waals surface area contributed by atoms with Gasteiger partial charge in [0.05, 0.1) is 33.8 Å². The van der Waals surface area contributed by atoms with Crippen molar-refractivity contribution in [2.45, 2.75) is 0 Å². The Hall–Kier alpha value is -5.48. The molecule has 4 aromatic carbocycles. The monoisotopic (exact) mass is 510 g/mol. The van der Waals surface area contributed by atoms with Crippen LogP contribution in [0.2, 0.25) is 0 Å². The molecule has 0 amide bonds. The molecule has 7 aromatic rings. The minimum Gasteiger partial charge on any atom is -0.353 e. The van der Waals surface area contributed by atoms with Crippen LogP contribution in [-0.2, 0) is 0 Å². The smallest absolute Gasteiger partial charge is 0.0957 e. The highest BCUT2D eigenvalue weighted by Crippen LogP contribution is 2.42. The van der Waals surface area contributed by atoms with Crippen molar-refractivity contribution in [3.8, 4) is 45.0 Å². The van der Waals surface area contributed by atoms with E-state index in [4.69, 9.17) is 9.97 Å². The molecule has 0 fully saturated rings. The van der Waals surface area contributed by atoms with Crippen LogP contribution in [-0.4, -0.2) is 19.9 Å². The normalized spacial score (nSPS) is 12.0. The molecule has 0 unspecified atom stereocenters. The van der Waals surface area contributed by atoms with Crippen molar-refractivity contribution in [3.63, 3.8) is 0 Å². The molecule has 8 bridgehead atoms. The number of rotatable bonds is 0. The number of nitrogens with one attached hydrogen (secondary N) is 2. The van der Waals surface area contributed by atoms with Gasteiger partial charge in [-0.2, -0.15) is 0 Å². The number of hydrogen-bond donors (Lipinski definition) is 2. The van der Waals surface area contributed by atoms with Crippen LogP contribution in [0.1, 0.15) is 0 Å². The Morgan fingerprint density at radius 1 is 0.350 bits per heavy atom. The zero-order chi connectivity index (χ0) is 26.2. The van der Waals surface area contributed by atoms with Gasteiger partial charge in [-0.1, -0.05) is 97.1 Å². The first-order valence-electron chi connectivity index (χ1n) is 13.5. The minimum absolute atomic E-state index is 0.952. The summed E-state index contributed by atoms with van der Waals surface area (Å²) in [6.45, 7) is 0. The molecular formula is C36H22N4. The molecule has 2 aliphatic heterocycles. The number of aromatic nitrogens is 4. The Balaban J connectivity index is 1.51. The standard InChI is InChI=1S/C36H22N4/c1-5-13-25-21(9-1)29-17-18-30-23-11-3-7-15-27(23)35(39-30)36-28-16-8-4-12-24(28)32(40-36)20-19-31-22-10-2-6-14-26(22)34(38-31)33(25)37-29/h1-20,37,40H. The van der Waals surface area contributed by atoms with Crippen molar-refractivity contribution in [2.75, 3.05) is 0 Å². The van der Waals surface area contributed by atoms with Crippen LogP contribution in [0.3, 0.4) is 0 Å². The second kappa shape index (κ2) is 8.01. The SMILES string of the molecule is c1ccc2c(c1)-c1ccc3[nH]c(c4nc(ccc5[nH]c(c-2n1)c1ccccc51)-c1ccccc1-4)c1ccccc31. The van der Waals surface area contributed by atoms with Gasteiger partial charge in [0.25, 0.3) is 0 Å². The fraction of sp³-hybridized carbons (Fsp3) is 0. The third-order valence-electron chi connectivity index (χ3n) is 8.16. The lowest BCUT2D eigenvalue weighted by Crippen LogP contribution is -1.77. The largest absolute Gasteiger partial charge is 0.353 e. The lowest BCUT2D eigenvalue weighted by Gasteiger charge is -1.98. The average molecular weight is 511 g/mol. The lowest BCUT2D eigenvalue weighted by molar-refractivity contribution is 1.40. The highest BCUT2D eigenvalue weighted by Gasteiger charge is 2.21. The third-order valence-corrected chi connectivity index (χ3v) is 8.16. The number of benzene rings is 4. The van der Waals surface area contributed by atoms with Crippen molar-refractivity contribution in [1.29, 1.82) is 0 Å². The van der Waals surface area contributed by atoms with Crippen LogP contribution < -0.4 is 0 Å². The fourth-order valence-corrected chi connectivity index (χ4v) is 6.31. The van der Waals surface area contributed by atoms with Crippen LogP contribution in [0.5, 0.6) is 0 Å². The summed E-state index contributed by atoms with van der Waals surface area (Å²) in [5.74, 6) is 0. The van der Waals surface area contributed by atoms with Gasteiger partial charge in [0.2, 0.25) is 0 Å². The molecule has 4 nitrogen and oxygen atoms in total. The topological polar surface area (TPSA) is 57.4 Å². The Kier molecular flexibility index (Phi) is 4.30. The van der Waals surface area contributed by atoms with Gasteiger partial charge in [-0.05, 0) is 24.3 Å². The Bertz CT molecular complexity index is 2170. The number of nitrogens with zero attached hydrogens (tertiary/aromatic N) is 2. The molecule has 0 saturated carbocycles. The van der Waals surface area contributed by atoms with Gasteiger partial charge in [0.15, 0.2) is 0 Å². The number of fused-ring (bicyclic) bond motifs is 22. The molecule has 5 heterocycles.